The summed E-state index contributed by atoms with van der Waals surface area (Å²) in [6.07, 6.45) is 9.25. The van der Waals surface area contributed by atoms with E-state index in [1.54, 1.807) is 5.57 Å². The molecule has 58 heavy (non-hydrogen) atoms. The Morgan fingerprint density at radius 1 is 0.603 bits per heavy atom. The van der Waals surface area contributed by atoms with E-state index >= 15 is 0 Å². The van der Waals surface area contributed by atoms with Crippen molar-refractivity contribution in [2.75, 3.05) is 4.90 Å². The molecule has 2 unspecified atom stereocenters. The van der Waals surface area contributed by atoms with Crippen molar-refractivity contribution in [1.82, 2.24) is 19.3 Å². The fourth-order valence-electron chi connectivity index (χ4n) is 8.65. The summed E-state index contributed by atoms with van der Waals surface area (Å²) in [6, 6.07) is 27.7. The first-order valence-corrected chi connectivity index (χ1v) is 22.1. The van der Waals surface area contributed by atoms with Crippen LogP contribution in [0.3, 0.4) is 0 Å². The zero-order valence-corrected chi connectivity index (χ0v) is 38.6. The topological polar surface area (TPSA) is 38.9 Å². The first-order valence-electron chi connectivity index (χ1n) is 22.1. The van der Waals surface area contributed by atoms with Crippen LogP contribution in [-0.2, 0) is 6.42 Å². The Morgan fingerprint density at radius 2 is 1.21 bits per heavy atom. The molecule has 0 N–H and O–H groups in total. The first kappa shape index (κ1) is 48.3. The standard InChI is InChI=1S/C14H21N.2C13H18N2.C12H20.CH4/c1-10(2)14-9-12-7-5-6-8-13(12)15(14)11(3)4;1-9(2)13-14-11-7-5-6-8-12(11)15(13)10(3)4;1-9(2)13-11-7-5-6-8-12(11)14-15(13)10(3)4;1-9(2)11-7-5-6-8-12(11)10(3)4;/h5-8,10-11,14H,9H2,1-4H3;2*5-10H,1-4H3;5-7,9-10,12H,8H2,1-4H3;1H4. The van der Waals surface area contributed by atoms with Crippen LogP contribution in [0.1, 0.15) is 166 Å². The van der Waals surface area contributed by atoms with Crippen molar-refractivity contribution in [3.05, 3.63) is 114 Å². The molecule has 0 spiro atoms. The SMILES string of the molecule is C.CC(C)C1=CC=CCC1C(C)C.CC(C)C1Cc2ccccc2N1C(C)C.CC(C)c1c2ccccc2nn1C(C)C.CC(C)c1nc2ccccc2n1C(C)C. The molecule has 0 radical (unpaired) electrons. The van der Waals surface area contributed by atoms with Gasteiger partial charge in [0.05, 0.1) is 16.6 Å². The second-order valence-electron chi connectivity index (χ2n) is 18.7. The Kier molecular flexibility index (Phi) is 18.1. The van der Waals surface area contributed by atoms with Gasteiger partial charge in [-0.2, -0.15) is 5.10 Å². The van der Waals surface area contributed by atoms with Gasteiger partial charge in [0.1, 0.15) is 5.82 Å². The normalized spacial score (nSPS) is 16.2. The molecule has 2 aliphatic rings. The van der Waals surface area contributed by atoms with Crippen LogP contribution in [0.4, 0.5) is 5.69 Å². The number of rotatable bonds is 8. The minimum atomic E-state index is 0. The summed E-state index contributed by atoms with van der Waals surface area (Å²) < 4.78 is 4.48. The molecule has 5 aromatic rings. The quantitative estimate of drug-likeness (QED) is 0.157. The van der Waals surface area contributed by atoms with Gasteiger partial charge in [-0.05, 0) is 114 Å². The minimum absolute atomic E-state index is 0. The van der Waals surface area contributed by atoms with E-state index in [1.165, 1.54) is 46.5 Å². The van der Waals surface area contributed by atoms with E-state index < -0.39 is 0 Å². The Balaban J connectivity index is 0.000000207. The van der Waals surface area contributed by atoms with Crippen LogP contribution in [0.15, 0.2) is 96.6 Å². The van der Waals surface area contributed by atoms with Crippen LogP contribution < -0.4 is 4.90 Å². The number of hydrogen-bond acceptors (Lipinski definition) is 3. The average molecular weight is 788 g/mol. The molecule has 0 amide bonds. The van der Waals surface area contributed by atoms with Gasteiger partial charge >= 0.3 is 0 Å². The van der Waals surface area contributed by atoms with Crippen LogP contribution >= 0.6 is 0 Å². The fourth-order valence-corrected chi connectivity index (χ4v) is 8.65. The molecule has 5 heteroatoms. The van der Waals surface area contributed by atoms with Crippen LogP contribution in [0.5, 0.6) is 0 Å². The summed E-state index contributed by atoms with van der Waals surface area (Å²) in [5.41, 5.74) is 9.41. The van der Waals surface area contributed by atoms with Gasteiger partial charge in [-0.3, -0.25) is 4.68 Å². The van der Waals surface area contributed by atoms with Crippen molar-refractivity contribution in [3.8, 4) is 0 Å². The number of aromatic nitrogens is 4. The molecule has 5 nitrogen and oxygen atoms in total. The third kappa shape index (κ3) is 11.5. The van der Waals surface area contributed by atoms with E-state index in [1.807, 2.05) is 12.1 Å². The maximum atomic E-state index is 4.70. The molecule has 1 aliphatic carbocycles. The Bertz CT molecular complexity index is 1960. The average Bonchev–Trinajstić information content (AvgIpc) is 3.88. The van der Waals surface area contributed by atoms with Gasteiger partial charge in [0.15, 0.2) is 0 Å². The lowest BCUT2D eigenvalue weighted by molar-refractivity contribution is 0.411. The minimum Gasteiger partial charge on any atom is -0.365 e. The number of fused-ring (bicyclic) bond motifs is 3. The van der Waals surface area contributed by atoms with E-state index in [4.69, 9.17) is 4.98 Å². The summed E-state index contributed by atoms with van der Waals surface area (Å²) in [5, 5.41) is 5.94. The molecule has 0 saturated carbocycles. The van der Waals surface area contributed by atoms with E-state index in [0.717, 1.165) is 28.8 Å². The maximum absolute atomic E-state index is 4.70. The van der Waals surface area contributed by atoms with Gasteiger partial charge in [0.25, 0.3) is 0 Å². The van der Waals surface area contributed by atoms with Gasteiger partial charge < -0.3 is 9.47 Å². The second-order valence-corrected chi connectivity index (χ2v) is 18.7. The highest BCUT2D eigenvalue weighted by atomic mass is 15.3. The summed E-state index contributed by atoms with van der Waals surface area (Å²) >= 11 is 0. The third-order valence-electron chi connectivity index (χ3n) is 11.4. The van der Waals surface area contributed by atoms with Gasteiger partial charge in [-0.1, -0.05) is 149 Å². The third-order valence-corrected chi connectivity index (χ3v) is 11.4. The number of anilines is 1. The number of nitrogens with zero attached hydrogens (tertiary/aromatic N) is 5. The highest BCUT2D eigenvalue weighted by Crippen LogP contribution is 2.37. The Morgan fingerprint density at radius 3 is 1.74 bits per heavy atom. The number of hydrogen-bond donors (Lipinski definition) is 0. The predicted molar refractivity (Wildman–Crippen MR) is 257 cm³/mol. The molecule has 3 heterocycles. The van der Waals surface area contributed by atoms with Crippen molar-refractivity contribution in [2.45, 2.75) is 167 Å². The highest BCUT2D eigenvalue weighted by molar-refractivity contribution is 5.82. The number of benzene rings is 3. The summed E-state index contributed by atoms with van der Waals surface area (Å²) in [7, 11) is 0. The Hall–Kier alpha value is -4.12. The fraction of sp³-hybridized carbons (Fsp3) is 0.547. The molecular weight excluding hydrogens is 707 g/mol. The lowest BCUT2D eigenvalue weighted by atomic mass is 9.78. The molecule has 0 saturated heterocycles. The predicted octanol–water partition coefficient (Wildman–Crippen LogP) is 15.4. The van der Waals surface area contributed by atoms with Gasteiger partial charge in [-0.25, -0.2) is 4.98 Å². The van der Waals surface area contributed by atoms with Crippen molar-refractivity contribution in [1.29, 1.82) is 0 Å². The van der Waals surface area contributed by atoms with Crippen LogP contribution in [-0.4, -0.2) is 31.4 Å². The number of imidazole rings is 1. The maximum Gasteiger partial charge on any atom is 0.112 e. The molecule has 318 valence electrons. The van der Waals surface area contributed by atoms with Crippen molar-refractivity contribution < 1.29 is 0 Å². The lowest BCUT2D eigenvalue weighted by Gasteiger charge is -2.34. The number of para-hydroxylation sites is 3. The molecular formula is C53H81N5. The van der Waals surface area contributed by atoms with Crippen LogP contribution in [0.25, 0.3) is 21.9 Å². The molecule has 3 aromatic carbocycles. The number of allylic oxidation sites excluding steroid dienone is 4. The smallest absolute Gasteiger partial charge is 0.112 e. The van der Waals surface area contributed by atoms with E-state index in [9.17, 15) is 0 Å². The lowest BCUT2D eigenvalue weighted by Crippen LogP contribution is -2.40. The van der Waals surface area contributed by atoms with Crippen LogP contribution in [0, 0.1) is 23.7 Å². The zero-order chi connectivity index (χ0) is 42.1. The zero-order valence-electron chi connectivity index (χ0n) is 38.6. The largest absolute Gasteiger partial charge is 0.365 e. The van der Waals surface area contributed by atoms with Crippen LogP contribution in [0.2, 0.25) is 0 Å². The van der Waals surface area contributed by atoms with E-state index in [0.29, 0.717) is 41.9 Å². The first-order chi connectivity index (χ1) is 27.0. The molecule has 0 fully saturated rings. The van der Waals surface area contributed by atoms with Crippen molar-refractivity contribution >= 4 is 27.6 Å². The molecule has 7 rings (SSSR count). The van der Waals surface area contributed by atoms with Gasteiger partial charge in [0, 0.05) is 46.9 Å². The van der Waals surface area contributed by atoms with Gasteiger partial charge in [-0.15, -0.1) is 0 Å². The molecule has 1 aliphatic heterocycles. The Labute approximate surface area is 355 Å². The van der Waals surface area contributed by atoms with Crippen molar-refractivity contribution in [2.24, 2.45) is 23.7 Å². The molecule has 0 bridgehead atoms. The summed E-state index contributed by atoms with van der Waals surface area (Å²) in [5.74, 6) is 5.17. The highest BCUT2D eigenvalue weighted by Gasteiger charge is 2.32. The van der Waals surface area contributed by atoms with Crippen molar-refractivity contribution in [3.63, 3.8) is 0 Å². The molecule has 2 aromatic heterocycles. The monoisotopic (exact) mass is 788 g/mol. The summed E-state index contributed by atoms with van der Waals surface area (Å²) in [4.78, 5) is 7.28. The molecule has 2 atom stereocenters. The summed E-state index contributed by atoms with van der Waals surface area (Å²) in [6.45, 7) is 36.1. The van der Waals surface area contributed by atoms with E-state index in [2.05, 4.69) is 209 Å². The van der Waals surface area contributed by atoms with Gasteiger partial charge in [0.2, 0.25) is 0 Å². The second kappa shape index (κ2) is 21.8. The van der Waals surface area contributed by atoms with E-state index in [-0.39, 0.29) is 7.43 Å².